The lowest BCUT2D eigenvalue weighted by Crippen LogP contribution is -2.38. The fourth-order valence-corrected chi connectivity index (χ4v) is 2.25. The van der Waals surface area contributed by atoms with Gasteiger partial charge in [-0.05, 0) is 44.5 Å². The Balaban J connectivity index is 1.96. The number of halogens is 1. The van der Waals surface area contributed by atoms with E-state index in [0.29, 0.717) is 22.3 Å². The predicted molar refractivity (Wildman–Crippen MR) is 67.2 cm³/mol. The quantitative estimate of drug-likeness (QED) is 0.893. The maximum absolute atomic E-state index is 8.97. The zero-order valence-corrected chi connectivity index (χ0v) is 10.5. The van der Waals surface area contributed by atoms with Crippen molar-refractivity contribution >= 4 is 11.6 Å². The smallest absolute Gasteiger partial charge is 0.138 e. The zero-order chi connectivity index (χ0) is 12.3. The molecule has 0 aliphatic heterocycles. The monoisotopic (exact) mass is 250 g/mol. The molecule has 1 aromatic carbocycles. The van der Waals surface area contributed by atoms with E-state index in [9.17, 15) is 0 Å². The molecule has 1 aromatic rings. The lowest BCUT2D eigenvalue weighted by Gasteiger charge is -2.35. The number of ether oxygens (including phenoxy) is 1. The summed E-state index contributed by atoms with van der Waals surface area (Å²) < 4.78 is 5.80. The van der Waals surface area contributed by atoms with Crippen molar-refractivity contribution in [3.05, 3.63) is 28.8 Å². The first-order valence-corrected chi connectivity index (χ1v) is 6.11. The molecule has 0 bridgehead atoms. The van der Waals surface area contributed by atoms with Crippen molar-refractivity contribution in [2.45, 2.75) is 18.9 Å². The number of benzene rings is 1. The van der Waals surface area contributed by atoms with E-state index < -0.39 is 0 Å². The van der Waals surface area contributed by atoms with Crippen molar-refractivity contribution in [1.29, 1.82) is 5.26 Å². The molecule has 1 aliphatic rings. The number of nitrogens with one attached hydrogen (secondary N) is 1. The van der Waals surface area contributed by atoms with Gasteiger partial charge in [-0.2, -0.15) is 5.26 Å². The highest BCUT2D eigenvalue weighted by molar-refractivity contribution is 6.30. The molecule has 0 heterocycles. The Bertz CT molecular complexity index is 436. The van der Waals surface area contributed by atoms with Crippen LogP contribution in [0.2, 0.25) is 5.02 Å². The number of nitrogens with zero attached hydrogens (tertiary/aromatic N) is 1. The van der Waals surface area contributed by atoms with E-state index in [1.807, 2.05) is 7.05 Å². The summed E-state index contributed by atoms with van der Waals surface area (Å²) in [5.74, 6) is 1.29. The van der Waals surface area contributed by atoms with Crippen LogP contribution in [0.3, 0.4) is 0 Å². The van der Waals surface area contributed by atoms with Crippen LogP contribution in [-0.2, 0) is 0 Å². The highest BCUT2D eigenvalue weighted by Gasteiger charge is 2.30. The van der Waals surface area contributed by atoms with Gasteiger partial charge in [0.1, 0.15) is 11.8 Å². The minimum atomic E-state index is 0.221. The normalized spacial score (nSPS) is 22.6. The fourth-order valence-electron chi connectivity index (χ4n) is 2.09. The summed E-state index contributed by atoms with van der Waals surface area (Å²) in [6.45, 7) is 1.03. The Hall–Kier alpha value is -1.24. The van der Waals surface area contributed by atoms with Gasteiger partial charge in [-0.3, -0.25) is 0 Å². The van der Waals surface area contributed by atoms with Crippen LogP contribution in [0.15, 0.2) is 18.2 Å². The molecule has 0 atom stereocenters. The number of rotatable bonds is 4. The summed E-state index contributed by atoms with van der Waals surface area (Å²) in [5, 5.41) is 12.7. The van der Waals surface area contributed by atoms with E-state index >= 15 is 0 Å². The number of hydrogen-bond acceptors (Lipinski definition) is 3. The molecule has 0 unspecified atom stereocenters. The average Bonchev–Trinajstić information content (AvgIpc) is 2.26. The Kier molecular flexibility index (Phi) is 3.88. The average molecular weight is 251 g/mol. The largest absolute Gasteiger partial charge is 0.489 e. The molecule has 2 rings (SSSR count). The van der Waals surface area contributed by atoms with E-state index in [4.69, 9.17) is 21.6 Å². The third-order valence-electron chi connectivity index (χ3n) is 3.04. The second kappa shape index (κ2) is 5.39. The van der Waals surface area contributed by atoms with Gasteiger partial charge in [0.15, 0.2) is 0 Å². The molecule has 1 aliphatic carbocycles. The van der Waals surface area contributed by atoms with Crippen LogP contribution in [0.4, 0.5) is 0 Å². The SMILES string of the molecule is CNCC1CC(Oc2cc(Cl)ccc2C#N)C1. The first-order chi connectivity index (χ1) is 8.22. The Morgan fingerprint density at radius 1 is 1.53 bits per heavy atom. The van der Waals surface area contributed by atoms with Gasteiger partial charge in [-0.1, -0.05) is 11.6 Å². The lowest BCUT2D eigenvalue weighted by atomic mass is 9.82. The van der Waals surface area contributed by atoms with E-state index in [2.05, 4.69) is 11.4 Å². The molecule has 17 heavy (non-hydrogen) atoms. The van der Waals surface area contributed by atoms with Gasteiger partial charge in [0.2, 0.25) is 0 Å². The van der Waals surface area contributed by atoms with E-state index in [0.717, 1.165) is 19.4 Å². The molecule has 0 aromatic heterocycles. The minimum absolute atomic E-state index is 0.221. The molecule has 0 radical (unpaired) electrons. The van der Waals surface area contributed by atoms with Crippen molar-refractivity contribution in [2.24, 2.45) is 5.92 Å². The number of nitriles is 1. The van der Waals surface area contributed by atoms with Gasteiger partial charge < -0.3 is 10.1 Å². The molecular formula is C13H15ClN2O. The van der Waals surface area contributed by atoms with Crippen LogP contribution in [0.1, 0.15) is 18.4 Å². The molecule has 90 valence electrons. The van der Waals surface area contributed by atoms with Gasteiger partial charge in [-0.15, -0.1) is 0 Å². The molecule has 1 fully saturated rings. The van der Waals surface area contributed by atoms with Crippen LogP contribution in [0.25, 0.3) is 0 Å². The third-order valence-corrected chi connectivity index (χ3v) is 3.28. The van der Waals surface area contributed by atoms with Crippen molar-refractivity contribution in [3.8, 4) is 11.8 Å². The molecule has 1 N–H and O–H groups in total. The Labute approximate surface area is 106 Å². The van der Waals surface area contributed by atoms with Gasteiger partial charge in [0, 0.05) is 11.1 Å². The standard InChI is InChI=1S/C13H15ClN2O/c1-16-8-9-4-12(5-9)17-13-6-11(14)3-2-10(13)7-15/h2-3,6,9,12,16H,4-5,8H2,1H3. The molecule has 4 heteroatoms. The maximum atomic E-state index is 8.97. The second-order valence-electron chi connectivity index (χ2n) is 4.39. The van der Waals surface area contributed by atoms with Crippen LogP contribution < -0.4 is 10.1 Å². The second-order valence-corrected chi connectivity index (χ2v) is 4.82. The van der Waals surface area contributed by atoms with Gasteiger partial charge in [0.05, 0.1) is 11.7 Å². The lowest BCUT2D eigenvalue weighted by molar-refractivity contribution is 0.0655. The fraction of sp³-hybridized carbons (Fsp3) is 0.462. The number of hydrogen-bond donors (Lipinski definition) is 1. The van der Waals surface area contributed by atoms with E-state index in [-0.39, 0.29) is 6.10 Å². The van der Waals surface area contributed by atoms with Crippen molar-refractivity contribution < 1.29 is 4.74 Å². The van der Waals surface area contributed by atoms with E-state index in [1.165, 1.54) is 0 Å². The van der Waals surface area contributed by atoms with Crippen LogP contribution in [-0.4, -0.2) is 19.7 Å². The molecular weight excluding hydrogens is 236 g/mol. The summed E-state index contributed by atoms with van der Waals surface area (Å²) in [7, 11) is 1.96. The minimum Gasteiger partial charge on any atom is -0.489 e. The predicted octanol–water partition coefficient (Wildman–Crippen LogP) is 2.59. The summed E-state index contributed by atoms with van der Waals surface area (Å²) >= 11 is 5.90. The highest BCUT2D eigenvalue weighted by Crippen LogP contribution is 2.33. The Morgan fingerprint density at radius 2 is 2.29 bits per heavy atom. The summed E-state index contributed by atoms with van der Waals surface area (Å²) in [6, 6.07) is 7.23. The van der Waals surface area contributed by atoms with Gasteiger partial charge >= 0.3 is 0 Å². The highest BCUT2D eigenvalue weighted by atomic mass is 35.5. The first kappa shape index (κ1) is 12.2. The molecule has 0 spiro atoms. The summed E-state index contributed by atoms with van der Waals surface area (Å²) in [4.78, 5) is 0. The summed E-state index contributed by atoms with van der Waals surface area (Å²) in [6.07, 6.45) is 2.30. The Morgan fingerprint density at radius 3 is 2.94 bits per heavy atom. The van der Waals surface area contributed by atoms with Crippen LogP contribution >= 0.6 is 11.6 Å². The van der Waals surface area contributed by atoms with Crippen molar-refractivity contribution in [2.75, 3.05) is 13.6 Å². The molecule has 0 saturated heterocycles. The van der Waals surface area contributed by atoms with Crippen LogP contribution in [0, 0.1) is 17.2 Å². The van der Waals surface area contributed by atoms with Gasteiger partial charge in [-0.25, -0.2) is 0 Å². The molecule has 0 amide bonds. The first-order valence-electron chi connectivity index (χ1n) is 5.74. The summed E-state index contributed by atoms with van der Waals surface area (Å²) in [5.41, 5.74) is 0.548. The maximum Gasteiger partial charge on any atom is 0.138 e. The van der Waals surface area contributed by atoms with E-state index in [1.54, 1.807) is 18.2 Å². The molecule has 3 nitrogen and oxygen atoms in total. The van der Waals surface area contributed by atoms with Gasteiger partial charge in [0.25, 0.3) is 0 Å². The zero-order valence-electron chi connectivity index (χ0n) is 9.74. The van der Waals surface area contributed by atoms with Crippen molar-refractivity contribution in [3.63, 3.8) is 0 Å². The third kappa shape index (κ3) is 2.91. The van der Waals surface area contributed by atoms with Crippen molar-refractivity contribution in [1.82, 2.24) is 5.32 Å². The molecule has 1 saturated carbocycles. The van der Waals surface area contributed by atoms with Crippen LogP contribution in [0.5, 0.6) is 5.75 Å². The topological polar surface area (TPSA) is 45.0 Å².